The SMILES string of the molecule is C=CCCC(C)Nc1ccc(N2CCCC2)cc1. The highest BCUT2D eigenvalue weighted by Crippen LogP contribution is 2.22. The molecule has 1 fully saturated rings. The number of anilines is 2. The van der Waals surface area contributed by atoms with Crippen LogP contribution in [0.2, 0.25) is 0 Å². The van der Waals surface area contributed by atoms with Crippen LogP contribution in [0.5, 0.6) is 0 Å². The van der Waals surface area contributed by atoms with Gasteiger partial charge in [0.25, 0.3) is 0 Å². The van der Waals surface area contributed by atoms with Gasteiger partial charge in [-0.2, -0.15) is 0 Å². The van der Waals surface area contributed by atoms with E-state index in [4.69, 9.17) is 0 Å². The summed E-state index contributed by atoms with van der Waals surface area (Å²) in [5.74, 6) is 0. The average molecular weight is 244 g/mol. The lowest BCUT2D eigenvalue weighted by molar-refractivity contribution is 0.719. The summed E-state index contributed by atoms with van der Waals surface area (Å²) < 4.78 is 0. The van der Waals surface area contributed by atoms with Gasteiger partial charge in [0, 0.05) is 30.5 Å². The summed E-state index contributed by atoms with van der Waals surface area (Å²) in [6, 6.07) is 9.35. The third kappa shape index (κ3) is 3.52. The Hall–Kier alpha value is -1.44. The summed E-state index contributed by atoms with van der Waals surface area (Å²) in [6.45, 7) is 8.40. The Labute approximate surface area is 111 Å². The normalized spacial score (nSPS) is 16.6. The van der Waals surface area contributed by atoms with Crippen molar-refractivity contribution >= 4 is 11.4 Å². The Balaban J connectivity index is 1.88. The van der Waals surface area contributed by atoms with Crippen molar-refractivity contribution in [3.8, 4) is 0 Å². The first-order valence-electron chi connectivity index (χ1n) is 7.02. The quantitative estimate of drug-likeness (QED) is 0.759. The second-order valence-corrected chi connectivity index (χ2v) is 5.15. The van der Waals surface area contributed by atoms with Gasteiger partial charge < -0.3 is 10.2 Å². The van der Waals surface area contributed by atoms with Crippen LogP contribution in [0.4, 0.5) is 11.4 Å². The Kier molecular flexibility index (Phi) is 4.68. The maximum atomic E-state index is 3.76. The number of nitrogens with zero attached hydrogens (tertiary/aromatic N) is 1. The molecule has 0 aromatic heterocycles. The number of benzene rings is 1. The Bertz CT molecular complexity index is 363. The Morgan fingerprint density at radius 1 is 1.28 bits per heavy atom. The first kappa shape index (κ1) is 13.0. The minimum Gasteiger partial charge on any atom is -0.383 e. The van der Waals surface area contributed by atoms with Gasteiger partial charge in [0.1, 0.15) is 0 Å². The average Bonchev–Trinajstić information content (AvgIpc) is 2.91. The highest BCUT2D eigenvalue weighted by molar-refractivity contribution is 5.55. The molecule has 98 valence electrons. The van der Waals surface area contributed by atoms with E-state index in [0.717, 1.165) is 12.8 Å². The van der Waals surface area contributed by atoms with E-state index in [-0.39, 0.29) is 0 Å². The Morgan fingerprint density at radius 2 is 1.94 bits per heavy atom. The molecule has 0 bridgehead atoms. The van der Waals surface area contributed by atoms with E-state index >= 15 is 0 Å². The number of nitrogens with one attached hydrogen (secondary N) is 1. The van der Waals surface area contributed by atoms with Crippen molar-refractivity contribution in [3.63, 3.8) is 0 Å². The summed E-state index contributed by atoms with van der Waals surface area (Å²) in [5, 5.41) is 3.53. The molecule has 0 spiro atoms. The van der Waals surface area contributed by atoms with E-state index in [2.05, 4.69) is 48.0 Å². The molecule has 1 atom stereocenters. The molecular formula is C16H24N2. The maximum absolute atomic E-state index is 3.76. The predicted octanol–water partition coefficient (Wildman–Crippen LogP) is 4.05. The van der Waals surface area contributed by atoms with Gasteiger partial charge in [0.05, 0.1) is 0 Å². The molecule has 1 aliphatic rings. The number of rotatable bonds is 6. The lowest BCUT2D eigenvalue weighted by atomic mass is 10.1. The zero-order valence-electron chi connectivity index (χ0n) is 11.4. The molecule has 0 aliphatic carbocycles. The molecule has 1 aliphatic heterocycles. The van der Waals surface area contributed by atoms with Crippen molar-refractivity contribution in [1.29, 1.82) is 0 Å². The maximum Gasteiger partial charge on any atom is 0.0367 e. The Morgan fingerprint density at radius 3 is 2.56 bits per heavy atom. The van der Waals surface area contributed by atoms with Gasteiger partial charge in [0.15, 0.2) is 0 Å². The lowest BCUT2D eigenvalue weighted by Gasteiger charge is -2.19. The summed E-state index contributed by atoms with van der Waals surface area (Å²) >= 11 is 0. The van der Waals surface area contributed by atoms with Crippen LogP contribution < -0.4 is 10.2 Å². The molecule has 1 aromatic carbocycles. The zero-order valence-corrected chi connectivity index (χ0v) is 11.4. The summed E-state index contributed by atoms with van der Waals surface area (Å²) in [6.07, 6.45) is 6.85. The summed E-state index contributed by atoms with van der Waals surface area (Å²) in [7, 11) is 0. The first-order valence-corrected chi connectivity index (χ1v) is 7.02. The van der Waals surface area contributed by atoms with Gasteiger partial charge in [-0.3, -0.25) is 0 Å². The van der Waals surface area contributed by atoms with Gasteiger partial charge in [-0.1, -0.05) is 6.08 Å². The van der Waals surface area contributed by atoms with Gasteiger partial charge in [-0.25, -0.2) is 0 Å². The van der Waals surface area contributed by atoms with Crippen molar-refractivity contribution in [2.24, 2.45) is 0 Å². The number of hydrogen-bond donors (Lipinski definition) is 1. The van der Waals surface area contributed by atoms with E-state index < -0.39 is 0 Å². The summed E-state index contributed by atoms with van der Waals surface area (Å²) in [4.78, 5) is 2.46. The largest absolute Gasteiger partial charge is 0.383 e. The molecule has 1 unspecified atom stereocenters. The monoisotopic (exact) mass is 244 g/mol. The van der Waals surface area contributed by atoms with Crippen molar-refractivity contribution in [2.75, 3.05) is 23.3 Å². The van der Waals surface area contributed by atoms with Crippen molar-refractivity contribution in [2.45, 2.75) is 38.6 Å². The van der Waals surface area contributed by atoms with E-state index in [1.54, 1.807) is 0 Å². The van der Waals surface area contributed by atoms with Gasteiger partial charge in [-0.05, 0) is 56.9 Å². The van der Waals surface area contributed by atoms with Crippen molar-refractivity contribution < 1.29 is 0 Å². The van der Waals surface area contributed by atoms with Crippen LogP contribution in [0, 0.1) is 0 Å². The molecule has 0 radical (unpaired) electrons. The van der Waals surface area contributed by atoms with Crippen molar-refractivity contribution in [1.82, 2.24) is 0 Å². The molecule has 0 saturated carbocycles. The second-order valence-electron chi connectivity index (χ2n) is 5.15. The second kappa shape index (κ2) is 6.48. The fraction of sp³-hybridized carbons (Fsp3) is 0.500. The van der Waals surface area contributed by atoms with Gasteiger partial charge in [-0.15, -0.1) is 6.58 Å². The van der Waals surface area contributed by atoms with Gasteiger partial charge in [0.2, 0.25) is 0 Å². The molecule has 2 nitrogen and oxygen atoms in total. The van der Waals surface area contributed by atoms with Crippen molar-refractivity contribution in [3.05, 3.63) is 36.9 Å². The molecule has 1 aromatic rings. The fourth-order valence-electron chi connectivity index (χ4n) is 2.47. The minimum absolute atomic E-state index is 0.501. The molecule has 1 N–H and O–H groups in total. The van der Waals surface area contributed by atoms with Crippen LogP contribution >= 0.6 is 0 Å². The first-order chi connectivity index (χ1) is 8.79. The minimum atomic E-state index is 0.501. The fourth-order valence-corrected chi connectivity index (χ4v) is 2.47. The van der Waals surface area contributed by atoms with E-state index in [0.29, 0.717) is 6.04 Å². The van der Waals surface area contributed by atoms with Crippen LogP contribution in [0.25, 0.3) is 0 Å². The lowest BCUT2D eigenvalue weighted by Crippen LogP contribution is -2.18. The third-order valence-electron chi connectivity index (χ3n) is 3.56. The molecule has 18 heavy (non-hydrogen) atoms. The molecule has 0 amide bonds. The molecule has 1 saturated heterocycles. The molecule has 2 heteroatoms. The molecule has 1 heterocycles. The van der Waals surface area contributed by atoms with Gasteiger partial charge >= 0.3 is 0 Å². The standard InChI is InChI=1S/C16H24N2/c1-3-4-7-14(2)17-15-8-10-16(11-9-15)18-12-5-6-13-18/h3,8-11,14,17H,1,4-7,12-13H2,2H3. The van der Waals surface area contributed by atoms with E-state index in [1.165, 1.54) is 37.3 Å². The van der Waals surface area contributed by atoms with Crippen LogP contribution in [0.15, 0.2) is 36.9 Å². The smallest absolute Gasteiger partial charge is 0.0367 e. The molecule has 2 rings (SSSR count). The van der Waals surface area contributed by atoms with Crippen LogP contribution in [0.3, 0.4) is 0 Å². The van der Waals surface area contributed by atoms with E-state index in [1.807, 2.05) is 6.08 Å². The predicted molar refractivity (Wildman–Crippen MR) is 80.4 cm³/mol. The zero-order chi connectivity index (χ0) is 12.8. The highest BCUT2D eigenvalue weighted by Gasteiger charge is 2.11. The third-order valence-corrected chi connectivity index (χ3v) is 3.56. The number of hydrogen-bond acceptors (Lipinski definition) is 2. The highest BCUT2D eigenvalue weighted by atomic mass is 15.1. The van der Waals surface area contributed by atoms with Crippen LogP contribution in [0.1, 0.15) is 32.6 Å². The topological polar surface area (TPSA) is 15.3 Å². The summed E-state index contributed by atoms with van der Waals surface area (Å²) in [5.41, 5.74) is 2.58. The molecular weight excluding hydrogens is 220 g/mol. The number of allylic oxidation sites excluding steroid dienone is 1. The van der Waals surface area contributed by atoms with Crippen LogP contribution in [-0.2, 0) is 0 Å². The van der Waals surface area contributed by atoms with Crippen LogP contribution in [-0.4, -0.2) is 19.1 Å². The van der Waals surface area contributed by atoms with E-state index in [9.17, 15) is 0 Å².